The van der Waals surface area contributed by atoms with E-state index < -0.39 is 5.95 Å². The number of likely N-dealkylation sites (N-methyl/N-ethyl adjacent to an activating group) is 1. The molecule has 0 amide bonds. The molecule has 1 aliphatic rings. The van der Waals surface area contributed by atoms with Crippen LogP contribution in [-0.4, -0.2) is 53.0 Å². The molecular formula is C23H26FN7O. The fraction of sp³-hybridized carbons (Fsp3) is 0.391. The summed E-state index contributed by atoms with van der Waals surface area (Å²) in [5.41, 5.74) is 2.90. The van der Waals surface area contributed by atoms with Crippen molar-refractivity contribution in [2.45, 2.75) is 18.8 Å². The van der Waals surface area contributed by atoms with Gasteiger partial charge in [0.05, 0.1) is 18.9 Å². The molecule has 1 saturated heterocycles. The van der Waals surface area contributed by atoms with Gasteiger partial charge in [-0.1, -0.05) is 6.07 Å². The fourth-order valence-electron chi connectivity index (χ4n) is 4.16. The van der Waals surface area contributed by atoms with Crippen LogP contribution in [0.2, 0.25) is 0 Å². The van der Waals surface area contributed by atoms with E-state index in [1.165, 1.54) is 12.3 Å². The van der Waals surface area contributed by atoms with Crippen LogP contribution in [0.25, 0.3) is 16.0 Å². The lowest BCUT2D eigenvalue weighted by molar-refractivity contribution is 0.320. The number of nitrogens with one attached hydrogen (secondary N) is 1. The third kappa shape index (κ3) is 4.41. The number of anilines is 1. The number of halogens is 1. The van der Waals surface area contributed by atoms with Gasteiger partial charge >= 0.3 is 0 Å². The van der Waals surface area contributed by atoms with Crippen molar-refractivity contribution in [3.63, 3.8) is 0 Å². The number of aromatic nitrogens is 4. The monoisotopic (exact) mass is 435 g/mol. The second-order valence-electron chi connectivity index (χ2n) is 7.80. The number of pyridine rings is 1. The highest BCUT2D eigenvalue weighted by Gasteiger charge is 2.28. The SMILES string of the molecule is [C-]#[N+]c1c(OCCNC)ccc(-c2ccc(F)nc2)c1N1CCC(c2nncn2C)CC1. The molecule has 2 aromatic heterocycles. The summed E-state index contributed by atoms with van der Waals surface area (Å²) in [5, 5.41) is 11.3. The first-order chi connectivity index (χ1) is 15.6. The highest BCUT2D eigenvalue weighted by atomic mass is 19.1. The minimum atomic E-state index is -0.530. The third-order valence-corrected chi connectivity index (χ3v) is 5.80. The molecule has 0 bridgehead atoms. The average Bonchev–Trinajstić information content (AvgIpc) is 3.25. The van der Waals surface area contributed by atoms with Gasteiger partial charge in [-0.3, -0.25) is 0 Å². The summed E-state index contributed by atoms with van der Waals surface area (Å²) < 4.78 is 21.3. The van der Waals surface area contributed by atoms with Crippen molar-refractivity contribution in [2.24, 2.45) is 7.05 Å². The Balaban J connectivity index is 1.69. The van der Waals surface area contributed by atoms with E-state index >= 15 is 0 Å². The summed E-state index contributed by atoms with van der Waals surface area (Å²) in [6.45, 7) is 10.6. The van der Waals surface area contributed by atoms with E-state index in [2.05, 4.69) is 30.2 Å². The lowest BCUT2D eigenvalue weighted by atomic mass is 9.94. The molecule has 0 unspecified atom stereocenters. The van der Waals surface area contributed by atoms with Crippen LogP contribution in [0, 0.1) is 12.5 Å². The highest BCUT2D eigenvalue weighted by molar-refractivity contribution is 5.91. The predicted octanol–water partition coefficient (Wildman–Crippen LogP) is 3.55. The van der Waals surface area contributed by atoms with Gasteiger partial charge in [0.2, 0.25) is 5.95 Å². The largest absolute Gasteiger partial charge is 0.503 e. The molecule has 4 rings (SSSR count). The second-order valence-corrected chi connectivity index (χ2v) is 7.80. The Morgan fingerprint density at radius 1 is 1.25 bits per heavy atom. The topological polar surface area (TPSA) is 72.5 Å². The van der Waals surface area contributed by atoms with E-state index in [-0.39, 0.29) is 0 Å². The van der Waals surface area contributed by atoms with Crippen molar-refractivity contribution in [1.29, 1.82) is 0 Å². The molecular weight excluding hydrogens is 409 g/mol. The van der Waals surface area contributed by atoms with E-state index in [1.807, 2.05) is 30.8 Å². The molecule has 0 radical (unpaired) electrons. The molecule has 1 fully saturated rings. The molecule has 0 atom stereocenters. The fourth-order valence-corrected chi connectivity index (χ4v) is 4.16. The van der Waals surface area contributed by atoms with E-state index in [0.717, 1.165) is 48.6 Å². The van der Waals surface area contributed by atoms with E-state index in [9.17, 15) is 4.39 Å². The van der Waals surface area contributed by atoms with Gasteiger partial charge in [0.1, 0.15) is 17.9 Å². The van der Waals surface area contributed by atoms with Gasteiger partial charge < -0.3 is 19.5 Å². The molecule has 3 heterocycles. The van der Waals surface area contributed by atoms with Crippen molar-refractivity contribution in [3.8, 4) is 16.9 Å². The van der Waals surface area contributed by atoms with Gasteiger partial charge in [-0.05, 0) is 43.7 Å². The number of nitrogens with zero attached hydrogens (tertiary/aromatic N) is 6. The molecule has 32 heavy (non-hydrogen) atoms. The first-order valence-corrected chi connectivity index (χ1v) is 10.6. The molecule has 0 spiro atoms. The zero-order valence-corrected chi connectivity index (χ0v) is 18.3. The maximum absolute atomic E-state index is 13.4. The maximum atomic E-state index is 13.4. The number of piperidine rings is 1. The van der Waals surface area contributed by atoms with Crippen LogP contribution < -0.4 is 15.0 Å². The van der Waals surface area contributed by atoms with Crippen LogP contribution in [0.15, 0.2) is 36.8 Å². The van der Waals surface area contributed by atoms with Gasteiger partial charge in [0, 0.05) is 44.4 Å². The van der Waals surface area contributed by atoms with Gasteiger partial charge in [-0.2, -0.15) is 4.39 Å². The predicted molar refractivity (Wildman–Crippen MR) is 121 cm³/mol. The van der Waals surface area contributed by atoms with Gasteiger partial charge in [0.15, 0.2) is 0 Å². The van der Waals surface area contributed by atoms with Gasteiger partial charge in [0.25, 0.3) is 5.69 Å². The molecule has 1 aliphatic heterocycles. The van der Waals surface area contributed by atoms with Crippen LogP contribution >= 0.6 is 0 Å². The minimum absolute atomic E-state index is 0.320. The van der Waals surface area contributed by atoms with E-state index in [0.29, 0.717) is 30.5 Å². The number of hydrogen-bond donors (Lipinski definition) is 1. The Bertz CT molecular complexity index is 1100. The van der Waals surface area contributed by atoms with Gasteiger partial charge in [-0.15, -0.1) is 10.2 Å². The van der Waals surface area contributed by atoms with Crippen LogP contribution in [-0.2, 0) is 7.05 Å². The molecule has 1 aromatic carbocycles. The number of ether oxygens (including phenoxy) is 1. The molecule has 0 saturated carbocycles. The molecule has 0 aliphatic carbocycles. The zero-order valence-electron chi connectivity index (χ0n) is 18.3. The molecule has 1 N–H and O–H groups in total. The summed E-state index contributed by atoms with van der Waals surface area (Å²) >= 11 is 0. The zero-order chi connectivity index (χ0) is 22.5. The third-order valence-electron chi connectivity index (χ3n) is 5.80. The Labute approximate surface area is 186 Å². The Kier molecular flexibility index (Phi) is 6.61. The number of rotatable bonds is 7. The lowest BCUT2D eigenvalue weighted by Crippen LogP contribution is -2.34. The van der Waals surface area contributed by atoms with Crippen LogP contribution in [0.3, 0.4) is 0 Å². The quantitative estimate of drug-likeness (QED) is 0.348. The first kappa shape index (κ1) is 21.7. The maximum Gasteiger partial charge on any atom is 0.251 e. The number of hydrogen-bond acceptors (Lipinski definition) is 6. The van der Waals surface area contributed by atoms with E-state index in [4.69, 9.17) is 11.3 Å². The van der Waals surface area contributed by atoms with Crippen LogP contribution in [0.5, 0.6) is 5.75 Å². The second kappa shape index (κ2) is 9.75. The molecule has 166 valence electrons. The standard InChI is InChI=1S/C23H26FN7O/c1-25-10-13-32-19-6-5-18(17-4-7-20(24)27-14-17)22(21(19)26-2)31-11-8-16(9-12-31)23-29-28-15-30(23)3/h4-7,14-16,25H,8-13H2,1,3H3. The van der Waals surface area contributed by atoms with Crippen molar-refractivity contribution >= 4 is 11.4 Å². The normalized spacial score (nSPS) is 14.4. The summed E-state index contributed by atoms with van der Waals surface area (Å²) in [7, 11) is 3.82. The van der Waals surface area contributed by atoms with Gasteiger partial charge in [-0.25, -0.2) is 9.83 Å². The summed E-state index contributed by atoms with van der Waals surface area (Å²) in [4.78, 5) is 9.89. The Morgan fingerprint density at radius 2 is 2.06 bits per heavy atom. The molecule has 8 nitrogen and oxygen atoms in total. The summed E-state index contributed by atoms with van der Waals surface area (Å²) in [6.07, 6.45) is 5.03. The Hall–Kier alpha value is -3.51. The highest BCUT2D eigenvalue weighted by Crippen LogP contribution is 2.46. The van der Waals surface area contributed by atoms with Crippen molar-refractivity contribution < 1.29 is 9.13 Å². The van der Waals surface area contributed by atoms with Crippen LogP contribution in [0.4, 0.5) is 15.8 Å². The summed E-state index contributed by atoms with van der Waals surface area (Å²) in [5.74, 6) is 1.33. The smallest absolute Gasteiger partial charge is 0.251 e. The average molecular weight is 436 g/mol. The lowest BCUT2D eigenvalue weighted by Gasteiger charge is -2.35. The van der Waals surface area contributed by atoms with Crippen LogP contribution in [0.1, 0.15) is 24.6 Å². The first-order valence-electron chi connectivity index (χ1n) is 10.6. The minimum Gasteiger partial charge on any atom is -0.503 e. The molecule has 9 heteroatoms. The van der Waals surface area contributed by atoms with Crippen molar-refractivity contribution in [3.05, 3.63) is 60.0 Å². The summed E-state index contributed by atoms with van der Waals surface area (Å²) in [6, 6.07) is 6.79. The molecule has 3 aromatic rings. The Morgan fingerprint density at radius 3 is 2.69 bits per heavy atom. The number of aryl methyl sites for hydroxylation is 1. The van der Waals surface area contributed by atoms with Crippen molar-refractivity contribution in [2.75, 3.05) is 38.2 Å². The van der Waals surface area contributed by atoms with E-state index in [1.54, 1.807) is 12.4 Å². The number of benzene rings is 1. The van der Waals surface area contributed by atoms with Crippen molar-refractivity contribution in [1.82, 2.24) is 25.1 Å².